The van der Waals surface area contributed by atoms with Crippen LogP contribution in [0.3, 0.4) is 0 Å². The van der Waals surface area contributed by atoms with Gasteiger partial charge in [-0.25, -0.2) is 4.98 Å². The first kappa shape index (κ1) is 24.8. The average Bonchev–Trinajstić information content (AvgIpc) is 3.61. The molecule has 2 aromatic heterocycles. The van der Waals surface area contributed by atoms with Crippen LogP contribution in [0.4, 0.5) is 10.8 Å². The van der Waals surface area contributed by atoms with Crippen molar-refractivity contribution in [3.05, 3.63) is 119 Å². The molecule has 37 heavy (non-hydrogen) atoms. The summed E-state index contributed by atoms with van der Waals surface area (Å²) in [4.78, 5) is 31.2. The zero-order valence-electron chi connectivity index (χ0n) is 19.3. The van der Waals surface area contributed by atoms with Gasteiger partial charge in [0.2, 0.25) is 5.91 Å². The number of hydrogen-bond donors (Lipinski definition) is 2. The molecule has 5 rings (SSSR count). The Hall–Kier alpha value is -3.85. The number of aromatic nitrogens is 1. The number of halogens is 1. The fraction of sp³-hybridized carbons (Fsp3) is 0.0357. The van der Waals surface area contributed by atoms with Gasteiger partial charge in [0, 0.05) is 26.5 Å². The fourth-order valence-electron chi connectivity index (χ4n) is 3.54. The van der Waals surface area contributed by atoms with E-state index in [0.717, 1.165) is 21.7 Å². The summed E-state index contributed by atoms with van der Waals surface area (Å²) in [6.07, 6.45) is 1.45. The van der Waals surface area contributed by atoms with Crippen LogP contribution in [0, 0.1) is 0 Å². The van der Waals surface area contributed by atoms with E-state index in [2.05, 4.69) is 15.6 Å². The minimum absolute atomic E-state index is 0.196. The Morgan fingerprint density at radius 1 is 0.919 bits per heavy atom. The Balaban J connectivity index is 1.34. The summed E-state index contributed by atoms with van der Waals surface area (Å²) < 4.78 is 5.16. The second-order valence-corrected chi connectivity index (χ2v) is 10.4. The highest BCUT2D eigenvalue weighted by molar-refractivity contribution is 8.00. The molecule has 1 unspecified atom stereocenters. The maximum Gasteiger partial charge on any atom is 0.291 e. The van der Waals surface area contributed by atoms with Gasteiger partial charge in [-0.15, -0.1) is 23.1 Å². The molecule has 0 radical (unpaired) electrons. The first-order valence-electron chi connectivity index (χ1n) is 11.2. The summed E-state index contributed by atoms with van der Waals surface area (Å²) in [5.74, 6) is -0.316. The van der Waals surface area contributed by atoms with E-state index in [0.29, 0.717) is 15.8 Å². The summed E-state index contributed by atoms with van der Waals surface area (Å²) in [5.41, 5.74) is 3.14. The predicted octanol–water partition coefficient (Wildman–Crippen LogP) is 7.78. The van der Waals surface area contributed by atoms with Crippen LogP contribution in [-0.2, 0) is 4.79 Å². The Morgan fingerprint density at radius 3 is 2.49 bits per heavy atom. The molecule has 0 spiro atoms. The van der Waals surface area contributed by atoms with Gasteiger partial charge in [0.15, 0.2) is 10.9 Å². The number of nitrogens with one attached hydrogen (secondary N) is 2. The molecular weight excluding hydrogens is 526 g/mol. The second kappa shape index (κ2) is 11.5. The van der Waals surface area contributed by atoms with Crippen molar-refractivity contribution in [2.45, 2.75) is 10.1 Å². The smallest absolute Gasteiger partial charge is 0.291 e. The minimum atomic E-state index is -0.542. The fourth-order valence-corrected chi connectivity index (χ4v) is 5.47. The molecule has 2 heterocycles. The third-order valence-corrected chi connectivity index (χ3v) is 7.56. The monoisotopic (exact) mass is 545 g/mol. The lowest BCUT2D eigenvalue weighted by molar-refractivity contribution is -0.115. The van der Waals surface area contributed by atoms with Crippen LogP contribution in [0.2, 0.25) is 5.02 Å². The van der Waals surface area contributed by atoms with Gasteiger partial charge in [0.05, 0.1) is 12.0 Å². The normalized spacial score (nSPS) is 11.6. The molecule has 0 saturated heterocycles. The molecule has 9 heteroatoms. The summed E-state index contributed by atoms with van der Waals surface area (Å²) in [5, 5.41) is 8.31. The number of carbonyl (C=O) groups excluding carboxylic acids is 2. The number of amides is 2. The molecule has 1 atom stereocenters. The summed E-state index contributed by atoms with van der Waals surface area (Å²) >= 11 is 8.74. The van der Waals surface area contributed by atoms with E-state index in [4.69, 9.17) is 16.0 Å². The van der Waals surface area contributed by atoms with E-state index in [1.807, 2.05) is 78.2 Å². The molecule has 0 fully saturated rings. The van der Waals surface area contributed by atoms with E-state index in [1.165, 1.54) is 29.4 Å². The van der Waals surface area contributed by atoms with Crippen molar-refractivity contribution in [2.75, 3.05) is 10.6 Å². The number of nitrogens with zero attached hydrogens (tertiary/aromatic N) is 1. The number of furan rings is 1. The third kappa shape index (κ3) is 6.29. The van der Waals surface area contributed by atoms with Crippen LogP contribution in [0.5, 0.6) is 0 Å². The molecular formula is C28H20ClN3O3S2. The zero-order chi connectivity index (χ0) is 25.6. The van der Waals surface area contributed by atoms with Crippen LogP contribution in [-0.4, -0.2) is 16.8 Å². The standard InChI is InChI=1S/C28H20ClN3O3S2/c29-20-13-11-18(12-14-20)23-17-36-28(31-23)32-27(34)25(19-6-2-1-3-7-19)37-22-9-4-8-21(16-22)30-26(33)24-10-5-15-35-24/h1-17,25H,(H,30,33)(H,31,32,34). The molecule has 2 N–H and O–H groups in total. The van der Waals surface area contributed by atoms with E-state index in [9.17, 15) is 9.59 Å². The molecule has 0 saturated carbocycles. The first-order chi connectivity index (χ1) is 18.0. The molecule has 5 aromatic rings. The van der Waals surface area contributed by atoms with Crippen LogP contribution in [0.1, 0.15) is 21.4 Å². The number of anilines is 2. The lowest BCUT2D eigenvalue weighted by Gasteiger charge is -2.17. The SMILES string of the molecule is O=C(Nc1cccc(SC(C(=O)Nc2nc(-c3ccc(Cl)cc3)cs2)c2ccccc2)c1)c1ccco1. The van der Waals surface area contributed by atoms with Crippen molar-refractivity contribution in [3.63, 3.8) is 0 Å². The van der Waals surface area contributed by atoms with Gasteiger partial charge in [0.1, 0.15) is 5.25 Å². The number of benzene rings is 3. The number of thioether (sulfide) groups is 1. The van der Waals surface area contributed by atoms with Gasteiger partial charge in [-0.05, 0) is 48.0 Å². The molecule has 3 aromatic carbocycles. The van der Waals surface area contributed by atoms with Crippen LogP contribution < -0.4 is 10.6 Å². The topological polar surface area (TPSA) is 84.2 Å². The van der Waals surface area contributed by atoms with Gasteiger partial charge < -0.3 is 15.1 Å². The molecule has 6 nitrogen and oxygen atoms in total. The molecule has 184 valence electrons. The maximum atomic E-state index is 13.5. The van der Waals surface area contributed by atoms with Crippen LogP contribution >= 0.6 is 34.7 Å². The molecule has 0 aliphatic carbocycles. The van der Waals surface area contributed by atoms with Crippen molar-refractivity contribution >= 4 is 57.3 Å². The van der Waals surface area contributed by atoms with Gasteiger partial charge in [-0.3, -0.25) is 9.59 Å². The average molecular weight is 546 g/mol. The largest absolute Gasteiger partial charge is 0.459 e. The Bertz CT molecular complexity index is 1500. The van der Waals surface area contributed by atoms with Crippen molar-refractivity contribution in [3.8, 4) is 11.3 Å². The Morgan fingerprint density at radius 2 is 1.73 bits per heavy atom. The first-order valence-corrected chi connectivity index (χ1v) is 13.4. The molecule has 0 bridgehead atoms. The van der Waals surface area contributed by atoms with Gasteiger partial charge in [-0.2, -0.15) is 0 Å². The Kier molecular flexibility index (Phi) is 7.70. The van der Waals surface area contributed by atoms with Gasteiger partial charge in [0.25, 0.3) is 5.91 Å². The summed E-state index contributed by atoms with van der Waals surface area (Å²) in [7, 11) is 0. The second-order valence-electron chi connectivity index (χ2n) is 7.90. The van der Waals surface area contributed by atoms with E-state index in [-0.39, 0.29) is 17.6 Å². The highest BCUT2D eigenvalue weighted by Gasteiger charge is 2.23. The Labute approximate surface area is 226 Å². The van der Waals surface area contributed by atoms with E-state index >= 15 is 0 Å². The van der Waals surface area contributed by atoms with Gasteiger partial charge >= 0.3 is 0 Å². The van der Waals surface area contributed by atoms with Crippen LogP contribution in [0.25, 0.3) is 11.3 Å². The molecule has 2 amide bonds. The number of rotatable bonds is 8. The molecule has 0 aliphatic rings. The van der Waals surface area contributed by atoms with E-state index < -0.39 is 5.25 Å². The van der Waals surface area contributed by atoms with Crippen LogP contribution in [0.15, 0.2) is 112 Å². The highest BCUT2D eigenvalue weighted by atomic mass is 35.5. The maximum absolute atomic E-state index is 13.5. The lowest BCUT2D eigenvalue weighted by Crippen LogP contribution is -2.19. The third-order valence-electron chi connectivity index (χ3n) is 5.31. The molecule has 0 aliphatic heterocycles. The number of carbonyl (C=O) groups is 2. The summed E-state index contributed by atoms with van der Waals surface area (Å²) in [6, 6.07) is 27.6. The minimum Gasteiger partial charge on any atom is -0.459 e. The van der Waals surface area contributed by atoms with Gasteiger partial charge in [-0.1, -0.05) is 60.1 Å². The lowest BCUT2D eigenvalue weighted by atomic mass is 10.1. The number of thiazole rings is 1. The van der Waals surface area contributed by atoms with Crippen molar-refractivity contribution < 1.29 is 14.0 Å². The quantitative estimate of drug-likeness (QED) is 0.194. The highest BCUT2D eigenvalue weighted by Crippen LogP contribution is 2.38. The number of hydrogen-bond acceptors (Lipinski definition) is 6. The summed E-state index contributed by atoms with van der Waals surface area (Å²) in [6.45, 7) is 0. The van der Waals surface area contributed by atoms with Crippen molar-refractivity contribution in [2.24, 2.45) is 0 Å². The van der Waals surface area contributed by atoms with Crippen molar-refractivity contribution in [1.29, 1.82) is 0 Å². The van der Waals surface area contributed by atoms with Crippen molar-refractivity contribution in [1.82, 2.24) is 4.98 Å². The van der Waals surface area contributed by atoms with E-state index in [1.54, 1.807) is 18.2 Å². The zero-order valence-corrected chi connectivity index (χ0v) is 21.6. The predicted molar refractivity (Wildman–Crippen MR) is 149 cm³/mol.